The third kappa shape index (κ3) is 12.8. The number of carbonyl (C=O) groups excluding carboxylic acids is 3. The van der Waals surface area contributed by atoms with Crippen LogP contribution in [0.4, 0.5) is 10.5 Å². The number of amides is 3. The molecular formula is C34H49N3O10. The van der Waals surface area contributed by atoms with Gasteiger partial charge in [-0.05, 0) is 70.0 Å². The van der Waals surface area contributed by atoms with Crippen LogP contribution in [0.25, 0.3) is 0 Å². The van der Waals surface area contributed by atoms with E-state index >= 15 is 0 Å². The molecule has 6 N–H and O–H groups in total. The van der Waals surface area contributed by atoms with E-state index in [0.29, 0.717) is 24.3 Å². The van der Waals surface area contributed by atoms with E-state index in [9.17, 15) is 34.8 Å². The van der Waals surface area contributed by atoms with Crippen LogP contribution in [0, 0.1) is 0 Å². The smallest absolute Gasteiger partial charge is 0.410 e. The van der Waals surface area contributed by atoms with Crippen LogP contribution in [0.2, 0.25) is 0 Å². The molecule has 5 atom stereocenters. The molecule has 1 aliphatic heterocycles. The molecule has 260 valence electrons. The van der Waals surface area contributed by atoms with E-state index < -0.39 is 49.0 Å². The predicted molar refractivity (Wildman–Crippen MR) is 174 cm³/mol. The SMILES string of the molecule is CC(C)(C)OC(=O)N(CCCCCCCNC(=O)c1ccccc1)CCC(=O)Nc1ccc(OC2OC(CO)C(O)C(O)C2O)cc1. The van der Waals surface area contributed by atoms with Crippen molar-refractivity contribution in [2.45, 2.75) is 95.6 Å². The fraction of sp³-hybridized carbons (Fsp3) is 0.559. The summed E-state index contributed by atoms with van der Waals surface area (Å²) in [6, 6.07) is 15.3. The van der Waals surface area contributed by atoms with E-state index in [1.807, 2.05) is 18.2 Å². The zero-order valence-corrected chi connectivity index (χ0v) is 27.3. The second-order valence-corrected chi connectivity index (χ2v) is 12.5. The lowest BCUT2D eigenvalue weighted by atomic mass is 9.99. The summed E-state index contributed by atoms with van der Waals surface area (Å²) < 4.78 is 16.5. The molecule has 0 bridgehead atoms. The van der Waals surface area contributed by atoms with Gasteiger partial charge in [0.25, 0.3) is 5.91 Å². The van der Waals surface area contributed by atoms with Crippen LogP contribution in [0.3, 0.4) is 0 Å². The number of hydrogen-bond donors (Lipinski definition) is 6. The molecule has 2 aromatic carbocycles. The number of hydrogen-bond acceptors (Lipinski definition) is 10. The summed E-state index contributed by atoms with van der Waals surface area (Å²) in [6.07, 6.45) is -3.08. The Labute approximate surface area is 275 Å². The molecule has 0 radical (unpaired) electrons. The Morgan fingerprint density at radius 3 is 2.17 bits per heavy atom. The van der Waals surface area contributed by atoms with Gasteiger partial charge in [0.15, 0.2) is 0 Å². The van der Waals surface area contributed by atoms with Gasteiger partial charge in [-0.25, -0.2) is 4.79 Å². The molecule has 3 rings (SSSR count). The van der Waals surface area contributed by atoms with Gasteiger partial charge in [0, 0.05) is 37.3 Å². The fourth-order valence-corrected chi connectivity index (χ4v) is 4.85. The van der Waals surface area contributed by atoms with Crippen LogP contribution in [0.5, 0.6) is 5.75 Å². The Hall–Kier alpha value is -3.75. The lowest BCUT2D eigenvalue weighted by Gasteiger charge is -2.39. The van der Waals surface area contributed by atoms with Crippen molar-refractivity contribution in [3.05, 3.63) is 60.2 Å². The van der Waals surface area contributed by atoms with Gasteiger partial charge in [0.1, 0.15) is 35.8 Å². The molecule has 3 amide bonds. The summed E-state index contributed by atoms with van der Waals surface area (Å²) in [4.78, 5) is 39.3. The second kappa shape index (κ2) is 18.6. The van der Waals surface area contributed by atoms with E-state index in [1.54, 1.807) is 49.9 Å². The van der Waals surface area contributed by atoms with E-state index in [1.165, 1.54) is 12.1 Å². The lowest BCUT2D eigenvalue weighted by molar-refractivity contribution is -0.277. The number of unbranched alkanes of at least 4 members (excludes halogenated alkanes) is 4. The van der Waals surface area contributed by atoms with Crippen molar-refractivity contribution in [1.82, 2.24) is 10.2 Å². The predicted octanol–water partition coefficient (Wildman–Crippen LogP) is 2.81. The minimum absolute atomic E-state index is 0.0451. The molecule has 0 saturated carbocycles. The highest BCUT2D eigenvalue weighted by atomic mass is 16.7. The Bertz CT molecular complexity index is 1250. The Morgan fingerprint density at radius 2 is 1.51 bits per heavy atom. The number of ether oxygens (including phenoxy) is 3. The van der Waals surface area contributed by atoms with Gasteiger partial charge in [-0.3, -0.25) is 9.59 Å². The number of rotatable bonds is 16. The molecule has 2 aromatic rings. The number of aliphatic hydroxyl groups is 4. The van der Waals surface area contributed by atoms with E-state index in [4.69, 9.17) is 14.2 Å². The standard InChI is InChI=1S/C34H49N3O10/c1-34(2,3)47-33(44)37(20-11-6-4-5-10-19-35-31(43)23-12-8-7-9-13-23)21-18-27(39)36-24-14-16-25(17-15-24)45-32-30(42)29(41)28(40)26(22-38)46-32/h7-9,12-17,26,28-30,32,38,40-42H,4-6,10-11,18-22H2,1-3H3,(H,35,43)(H,36,39). The molecule has 1 saturated heterocycles. The molecule has 0 aromatic heterocycles. The first-order chi connectivity index (χ1) is 22.4. The molecule has 47 heavy (non-hydrogen) atoms. The Morgan fingerprint density at radius 1 is 0.851 bits per heavy atom. The largest absolute Gasteiger partial charge is 0.462 e. The molecule has 1 aliphatic rings. The van der Waals surface area contributed by atoms with Crippen LogP contribution in [0.15, 0.2) is 54.6 Å². The third-order valence-electron chi connectivity index (χ3n) is 7.43. The molecule has 0 spiro atoms. The summed E-state index contributed by atoms with van der Waals surface area (Å²) in [6.45, 7) is 6.01. The summed E-state index contributed by atoms with van der Waals surface area (Å²) in [5.74, 6) is -0.125. The van der Waals surface area contributed by atoms with Gasteiger partial charge in [0.2, 0.25) is 12.2 Å². The maximum atomic E-state index is 12.9. The van der Waals surface area contributed by atoms with Gasteiger partial charge in [-0.15, -0.1) is 0 Å². The van der Waals surface area contributed by atoms with Crippen LogP contribution >= 0.6 is 0 Å². The average molecular weight is 660 g/mol. The highest BCUT2D eigenvalue weighted by molar-refractivity contribution is 5.94. The highest BCUT2D eigenvalue weighted by Gasteiger charge is 2.44. The van der Waals surface area contributed by atoms with Crippen LogP contribution in [-0.2, 0) is 14.3 Å². The van der Waals surface area contributed by atoms with Crippen LogP contribution < -0.4 is 15.4 Å². The summed E-state index contributed by atoms with van der Waals surface area (Å²) >= 11 is 0. The minimum Gasteiger partial charge on any atom is -0.462 e. The van der Waals surface area contributed by atoms with Gasteiger partial charge < -0.3 is 50.2 Å². The Balaban J connectivity index is 1.40. The lowest BCUT2D eigenvalue weighted by Crippen LogP contribution is -2.60. The zero-order chi connectivity index (χ0) is 34.4. The molecule has 0 aliphatic carbocycles. The first-order valence-electron chi connectivity index (χ1n) is 16.1. The first-order valence-corrected chi connectivity index (χ1v) is 16.1. The fourth-order valence-electron chi connectivity index (χ4n) is 4.85. The van der Waals surface area contributed by atoms with Crippen molar-refractivity contribution in [1.29, 1.82) is 0 Å². The van der Waals surface area contributed by atoms with Gasteiger partial charge >= 0.3 is 6.09 Å². The second-order valence-electron chi connectivity index (χ2n) is 12.5. The quantitative estimate of drug-likeness (QED) is 0.146. The van der Waals surface area contributed by atoms with Gasteiger partial charge in [-0.2, -0.15) is 0 Å². The highest BCUT2D eigenvalue weighted by Crippen LogP contribution is 2.25. The van der Waals surface area contributed by atoms with Crippen LogP contribution in [0.1, 0.15) is 69.7 Å². The monoisotopic (exact) mass is 659 g/mol. The van der Waals surface area contributed by atoms with Crippen molar-refractivity contribution in [2.24, 2.45) is 0 Å². The normalized spacial score (nSPS) is 21.0. The van der Waals surface area contributed by atoms with E-state index in [0.717, 1.165) is 32.1 Å². The number of nitrogens with zero attached hydrogens (tertiary/aromatic N) is 1. The number of benzene rings is 2. The molecule has 13 nitrogen and oxygen atoms in total. The summed E-state index contributed by atoms with van der Waals surface area (Å²) in [5, 5.41) is 45.1. The molecule has 5 unspecified atom stereocenters. The van der Waals surface area contributed by atoms with E-state index in [2.05, 4.69) is 10.6 Å². The summed E-state index contributed by atoms with van der Waals surface area (Å²) in [5.41, 5.74) is 0.433. The van der Waals surface area contributed by atoms with E-state index in [-0.39, 0.29) is 30.5 Å². The first kappa shape index (κ1) is 37.7. The maximum absolute atomic E-state index is 12.9. The average Bonchev–Trinajstić information content (AvgIpc) is 3.04. The Kier molecular flexibility index (Phi) is 14.9. The van der Waals surface area contributed by atoms with Crippen molar-refractivity contribution < 1.29 is 49.0 Å². The van der Waals surface area contributed by atoms with Crippen molar-refractivity contribution in [3.63, 3.8) is 0 Å². The minimum atomic E-state index is -1.56. The molecule has 1 heterocycles. The number of carbonyl (C=O) groups is 3. The van der Waals surface area contributed by atoms with Crippen molar-refractivity contribution in [3.8, 4) is 5.75 Å². The van der Waals surface area contributed by atoms with Crippen molar-refractivity contribution >= 4 is 23.6 Å². The van der Waals surface area contributed by atoms with Gasteiger partial charge in [0.05, 0.1) is 6.61 Å². The maximum Gasteiger partial charge on any atom is 0.410 e. The van der Waals surface area contributed by atoms with Crippen molar-refractivity contribution in [2.75, 3.05) is 31.6 Å². The molecule has 13 heteroatoms. The number of aliphatic hydroxyl groups excluding tert-OH is 4. The number of anilines is 1. The topological polar surface area (TPSA) is 187 Å². The third-order valence-corrected chi connectivity index (χ3v) is 7.43. The zero-order valence-electron chi connectivity index (χ0n) is 27.3. The van der Waals surface area contributed by atoms with Crippen LogP contribution in [-0.4, -0.2) is 106 Å². The molecular weight excluding hydrogens is 610 g/mol. The summed E-state index contributed by atoms with van der Waals surface area (Å²) in [7, 11) is 0. The number of nitrogens with one attached hydrogen (secondary N) is 2. The van der Waals surface area contributed by atoms with Gasteiger partial charge in [-0.1, -0.05) is 37.5 Å². The molecule has 1 fully saturated rings.